The number of para-hydroxylation sites is 1. The van der Waals surface area contributed by atoms with Gasteiger partial charge < -0.3 is 10.4 Å². The van der Waals surface area contributed by atoms with Gasteiger partial charge in [0.1, 0.15) is 0 Å². The summed E-state index contributed by atoms with van der Waals surface area (Å²) < 4.78 is 0. The van der Waals surface area contributed by atoms with Crippen LogP contribution >= 0.6 is 0 Å². The molecule has 108 valence electrons. The van der Waals surface area contributed by atoms with Gasteiger partial charge in [0.25, 0.3) is 0 Å². The van der Waals surface area contributed by atoms with Gasteiger partial charge in [0.15, 0.2) is 0 Å². The van der Waals surface area contributed by atoms with Gasteiger partial charge in [0.2, 0.25) is 0 Å². The minimum atomic E-state index is -0.438. The third-order valence-electron chi connectivity index (χ3n) is 4.79. The Morgan fingerprint density at radius 2 is 1.71 bits per heavy atom. The summed E-state index contributed by atoms with van der Waals surface area (Å²) in [4.78, 5) is 0. The Morgan fingerprint density at radius 1 is 0.952 bits per heavy atom. The van der Waals surface area contributed by atoms with Crippen LogP contribution in [0.5, 0.6) is 0 Å². The lowest BCUT2D eigenvalue weighted by Crippen LogP contribution is -2.31. The monoisotopic (exact) mass is 279 g/mol. The lowest BCUT2D eigenvalue weighted by atomic mass is 9.91. The molecule has 1 heterocycles. The first-order chi connectivity index (χ1) is 10.3. The van der Waals surface area contributed by atoms with Crippen molar-refractivity contribution in [3.8, 4) is 0 Å². The van der Waals surface area contributed by atoms with Crippen molar-refractivity contribution in [2.75, 3.05) is 5.32 Å². The first-order valence-corrected chi connectivity index (χ1v) is 7.93. The number of fused-ring (bicyclic) bond motifs is 1. The van der Waals surface area contributed by atoms with Crippen LogP contribution in [-0.4, -0.2) is 11.1 Å². The minimum absolute atomic E-state index is 0.103. The zero-order valence-electron chi connectivity index (χ0n) is 12.1. The van der Waals surface area contributed by atoms with E-state index in [0.717, 1.165) is 24.3 Å². The Bertz CT molecular complexity index is 630. The largest absolute Gasteiger partial charge is 0.386 e. The van der Waals surface area contributed by atoms with Crippen LogP contribution in [0.3, 0.4) is 0 Å². The fraction of sp³-hybridized carbons (Fsp3) is 0.368. The zero-order chi connectivity index (χ0) is 14.2. The molecule has 0 saturated heterocycles. The van der Waals surface area contributed by atoms with E-state index in [1.165, 1.54) is 29.7 Å². The van der Waals surface area contributed by atoms with E-state index >= 15 is 0 Å². The summed E-state index contributed by atoms with van der Waals surface area (Å²) in [5.41, 5.74) is 4.97. The lowest BCUT2D eigenvalue weighted by Gasteiger charge is -2.31. The molecule has 0 amide bonds. The molecule has 1 saturated carbocycles. The van der Waals surface area contributed by atoms with E-state index < -0.39 is 6.10 Å². The van der Waals surface area contributed by atoms with Crippen molar-refractivity contribution in [3.05, 3.63) is 65.2 Å². The smallest absolute Gasteiger partial charge is 0.0991 e. The molecule has 2 aromatic rings. The summed E-state index contributed by atoms with van der Waals surface area (Å²) in [7, 11) is 0. The molecule has 1 aliphatic heterocycles. The summed E-state index contributed by atoms with van der Waals surface area (Å²) in [6.45, 7) is 0. The van der Waals surface area contributed by atoms with Gasteiger partial charge in [-0.25, -0.2) is 0 Å². The van der Waals surface area contributed by atoms with Crippen molar-refractivity contribution in [2.24, 2.45) is 0 Å². The third kappa shape index (κ3) is 2.56. The van der Waals surface area contributed by atoms with Crippen molar-refractivity contribution < 1.29 is 5.11 Å². The number of hydrogen-bond acceptors (Lipinski definition) is 2. The van der Waals surface area contributed by atoms with Gasteiger partial charge in [-0.2, -0.15) is 0 Å². The summed E-state index contributed by atoms with van der Waals surface area (Å²) in [5, 5.41) is 14.1. The highest BCUT2D eigenvalue weighted by Gasteiger charge is 2.26. The van der Waals surface area contributed by atoms with Crippen LogP contribution in [0.15, 0.2) is 48.5 Å². The standard InChI is InChI=1S/C19H21NO/c21-19(16-9-7-14(8-10-16)13-5-6-13)18-12-11-15-3-1-2-4-17(15)20-18/h1-4,7-10,13,18-21H,5-6,11-12H2. The number of hydrogen-bond donors (Lipinski definition) is 2. The zero-order valence-corrected chi connectivity index (χ0v) is 12.1. The molecular formula is C19H21NO. The van der Waals surface area contributed by atoms with Crippen molar-refractivity contribution in [2.45, 2.75) is 43.7 Å². The third-order valence-corrected chi connectivity index (χ3v) is 4.79. The molecule has 1 aliphatic carbocycles. The van der Waals surface area contributed by atoms with Crippen molar-refractivity contribution in [1.82, 2.24) is 0 Å². The molecule has 0 bridgehead atoms. The Balaban J connectivity index is 1.51. The highest BCUT2D eigenvalue weighted by atomic mass is 16.3. The maximum atomic E-state index is 10.7. The predicted molar refractivity (Wildman–Crippen MR) is 85.6 cm³/mol. The van der Waals surface area contributed by atoms with E-state index in [0.29, 0.717) is 0 Å². The maximum absolute atomic E-state index is 10.7. The second-order valence-electron chi connectivity index (χ2n) is 6.33. The van der Waals surface area contributed by atoms with E-state index in [1.807, 2.05) is 6.07 Å². The Labute approximate surface area is 125 Å². The quantitative estimate of drug-likeness (QED) is 0.889. The highest BCUT2D eigenvalue weighted by molar-refractivity contribution is 5.54. The molecule has 4 rings (SSSR count). The van der Waals surface area contributed by atoms with Gasteiger partial charge in [-0.05, 0) is 54.4 Å². The fourth-order valence-electron chi connectivity index (χ4n) is 3.31. The Kier molecular flexibility index (Phi) is 3.19. The molecule has 2 heteroatoms. The number of aliphatic hydroxyl groups is 1. The molecule has 1 fully saturated rings. The summed E-state index contributed by atoms with van der Waals surface area (Å²) in [5.74, 6) is 0.774. The lowest BCUT2D eigenvalue weighted by molar-refractivity contribution is 0.149. The van der Waals surface area contributed by atoms with Gasteiger partial charge in [0.05, 0.1) is 12.1 Å². The summed E-state index contributed by atoms with van der Waals surface area (Å²) >= 11 is 0. The number of nitrogens with one attached hydrogen (secondary N) is 1. The number of aryl methyl sites for hydroxylation is 1. The number of anilines is 1. The van der Waals surface area contributed by atoms with Gasteiger partial charge in [-0.3, -0.25) is 0 Å². The van der Waals surface area contributed by atoms with Crippen LogP contribution in [0, 0.1) is 0 Å². The molecule has 2 unspecified atom stereocenters. The number of rotatable bonds is 3. The second kappa shape index (κ2) is 5.19. The molecular weight excluding hydrogens is 258 g/mol. The van der Waals surface area contributed by atoms with Crippen molar-refractivity contribution in [1.29, 1.82) is 0 Å². The number of benzene rings is 2. The molecule has 2 atom stereocenters. The maximum Gasteiger partial charge on any atom is 0.0991 e. The van der Waals surface area contributed by atoms with E-state index in [-0.39, 0.29) is 6.04 Å². The van der Waals surface area contributed by atoms with Crippen LogP contribution in [0.1, 0.15) is 48.0 Å². The SMILES string of the molecule is OC(c1ccc(C2CC2)cc1)C1CCc2ccccc2N1. The van der Waals surface area contributed by atoms with Gasteiger partial charge >= 0.3 is 0 Å². The van der Waals surface area contributed by atoms with Crippen LogP contribution < -0.4 is 5.32 Å². The molecule has 2 nitrogen and oxygen atoms in total. The van der Waals surface area contributed by atoms with Crippen LogP contribution in [0.25, 0.3) is 0 Å². The summed E-state index contributed by atoms with van der Waals surface area (Å²) in [6.07, 6.45) is 4.21. The van der Waals surface area contributed by atoms with Crippen LogP contribution in [0.2, 0.25) is 0 Å². The van der Waals surface area contributed by atoms with Crippen molar-refractivity contribution in [3.63, 3.8) is 0 Å². The minimum Gasteiger partial charge on any atom is -0.386 e. The highest BCUT2D eigenvalue weighted by Crippen LogP contribution is 2.40. The van der Waals surface area contributed by atoms with E-state index in [2.05, 4.69) is 47.8 Å². The molecule has 2 aromatic carbocycles. The Morgan fingerprint density at radius 3 is 2.48 bits per heavy atom. The normalized spacial score (nSPS) is 22.2. The first-order valence-electron chi connectivity index (χ1n) is 7.93. The predicted octanol–water partition coefficient (Wildman–Crippen LogP) is 4.02. The molecule has 0 aromatic heterocycles. The number of aliphatic hydroxyl groups excluding tert-OH is 1. The van der Waals surface area contributed by atoms with Gasteiger partial charge in [0, 0.05) is 5.69 Å². The van der Waals surface area contributed by atoms with Gasteiger partial charge in [-0.1, -0.05) is 42.5 Å². The van der Waals surface area contributed by atoms with E-state index in [4.69, 9.17) is 0 Å². The molecule has 2 N–H and O–H groups in total. The van der Waals surface area contributed by atoms with Gasteiger partial charge in [-0.15, -0.1) is 0 Å². The first kappa shape index (κ1) is 12.9. The molecule has 21 heavy (non-hydrogen) atoms. The molecule has 2 aliphatic rings. The topological polar surface area (TPSA) is 32.3 Å². The van der Waals surface area contributed by atoms with Crippen LogP contribution in [-0.2, 0) is 6.42 Å². The average Bonchev–Trinajstić information content (AvgIpc) is 3.39. The average molecular weight is 279 g/mol. The second-order valence-corrected chi connectivity index (χ2v) is 6.33. The molecule has 0 radical (unpaired) electrons. The van der Waals surface area contributed by atoms with E-state index in [1.54, 1.807) is 0 Å². The summed E-state index contributed by atoms with van der Waals surface area (Å²) in [6, 6.07) is 17.1. The van der Waals surface area contributed by atoms with Crippen LogP contribution in [0.4, 0.5) is 5.69 Å². The fourth-order valence-corrected chi connectivity index (χ4v) is 3.31. The van der Waals surface area contributed by atoms with E-state index in [9.17, 15) is 5.11 Å². The Hall–Kier alpha value is -1.80. The molecule has 0 spiro atoms. The van der Waals surface area contributed by atoms with Crippen molar-refractivity contribution >= 4 is 5.69 Å².